The number of aromatic nitrogens is 1. The number of alkyl halides is 2. The normalized spacial score (nSPS) is 10.8. The highest BCUT2D eigenvalue weighted by atomic mass is 79.9. The van der Waals surface area contributed by atoms with E-state index >= 15 is 0 Å². The van der Waals surface area contributed by atoms with Crippen molar-refractivity contribution in [2.45, 2.75) is 6.43 Å². The fourth-order valence-electron chi connectivity index (χ4n) is 0.701. The van der Waals surface area contributed by atoms with Crippen LogP contribution in [0.5, 0.6) is 0 Å². The molecule has 66 valence electrons. The van der Waals surface area contributed by atoms with Crippen LogP contribution < -0.4 is 5.73 Å². The molecule has 1 rings (SSSR count). The molecule has 0 radical (unpaired) electrons. The Morgan fingerprint density at radius 1 is 1.50 bits per heavy atom. The Morgan fingerprint density at radius 3 is 2.50 bits per heavy atom. The summed E-state index contributed by atoms with van der Waals surface area (Å²) in [5.41, 5.74) is 4.50. The van der Waals surface area contributed by atoms with Crippen LogP contribution in [-0.2, 0) is 0 Å². The Labute approximate surface area is 74.7 Å². The number of nitrogens with zero attached hydrogens (tertiary/aromatic N) is 1. The fourth-order valence-corrected chi connectivity index (χ4v) is 1.18. The Morgan fingerprint density at radius 2 is 2.08 bits per heavy atom. The first-order chi connectivity index (χ1) is 5.54. The number of rotatable bonds is 1. The van der Waals surface area contributed by atoms with Crippen LogP contribution in [0.4, 0.5) is 19.0 Å². The van der Waals surface area contributed by atoms with E-state index in [1.807, 2.05) is 0 Å². The van der Waals surface area contributed by atoms with Crippen molar-refractivity contribution in [3.63, 3.8) is 0 Å². The number of nitrogen functional groups attached to an aromatic ring is 1. The van der Waals surface area contributed by atoms with E-state index in [2.05, 4.69) is 20.9 Å². The molecule has 0 saturated heterocycles. The SMILES string of the molecule is Nc1ncc(F)c(Br)c1C(F)F. The molecule has 0 unspecified atom stereocenters. The summed E-state index contributed by atoms with van der Waals surface area (Å²) < 4.78 is 36.6. The second-order valence-corrected chi connectivity index (χ2v) is 2.81. The lowest BCUT2D eigenvalue weighted by atomic mass is 10.2. The summed E-state index contributed by atoms with van der Waals surface area (Å²) in [4.78, 5) is 3.25. The molecule has 1 aromatic heterocycles. The van der Waals surface area contributed by atoms with Gasteiger partial charge in [0.1, 0.15) is 5.82 Å². The molecule has 0 fully saturated rings. The Hall–Kier alpha value is -0.780. The topological polar surface area (TPSA) is 38.9 Å². The highest BCUT2D eigenvalue weighted by Gasteiger charge is 2.19. The van der Waals surface area contributed by atoms with Gasteiger partial charge >= 0.3 is 0 Å². The lowest BCUT2D eigenvalue weighted by Gasteiger charge is -2.05. The number of pyridine rings is 1. The van der Waals surface area contributed by atoms with Gasteiger partial charge in [0, 0.05) is 0 Å². The lowest BCUT2D eigenvalue weighted by molar-refractivity contribution is 0.150. The molecule has 2 nitrogen and oxygen atoms in total. The fraction of sp³-hybridized carbons (Fsp3) is 0.167. The van der Waals surface area contributed by atoms with Crippen LogP contribution in [0, 0.1) is 5.82 Å². The molecule has 1 heterocycles. The van der Waals surface area contributed by atoms with Gasteiger partial charge < -0.3 is 5.73 Å². The molecule has 0 aliphatic carbocycles. The van der Waals surface area contributed by atoms with Gasteiger partial charge in [-0.1, -0.05) is 0 Å². The molecule has 0 aliphatic heterocycles. The summed E-state index contributed by atoms with van der Waals surface area (Å²) >= 11 is 2.66. The van der Waals surface area contributed by atoms with Crippen molar-refractivity contribution in [1.82, 2.24) is 4.98 Å². The Balaban J connectivity index is 3.33. The number of halogens is 4. The van der Waals surface area contributed by atoms with Crippen molar-refractivity contribution >= 4 is 21.7 Å². The van der Waals surface area contributed by atoms with Gasteiger partial charge in [-0.25, -0.2) is 18.2 Å². The largest absolute Gasteiger partial charge is 0.383 e. The van der Waals surface area contributed by atoms with Crippen molar-refractivity contribution < 1.29 is 13.2 Å². The first-order valence-electron chi connectivity index (χ1n) is 2.91. The van der Waals surface area contributed by atoms with Gasteiger partial charge in [-0.3, -0.25) is 0 Å². The van der Waals surface area contributed by atoms with Crippen LogP contribution in [0.2, 0.25) is 0 Å². The quantitative estimate of drug-likeness (QED) is 0.820. The van der Waals surface area contributed by atoms with E-state index in [1.54, 1.807) is 0 Å². The van der Waals surface area contributed by atoms with Gasteiger partial charge in [-0.15, -0.1) is 0 Å². The average molecular weight is 241 g/mol. The Kier molecular flexibility index (Phi) is 2.56. The maximum absolute atomic E-state index is 12.6. The monoisotopic (exact) mass is 240 g/mol. The third-order valence-electron chi connectivity index (χ3n) is 1.26. The van der Waals surface area contributed by atoms with E-state index in [0.29, 0.717) is 0 Å². The molecular formula is C6H4BrF3N2. The molecule has 0 bridgehead atoms. The number of hydrogen-bond acceptors (Lipinski definition) is 2. The Bertz CT molecular complexity index is 303. The van der Waals surface area contributed by atoms with Crippen LogP contribution in [0.1, 0.15) is 12.0 Å². The van der Waals surface area contributed by atoms with Crippen molar-refractivity contribution in [3.05, 3.63) is 22.1 Å². The summed E-state index contributed by atoms with van der Waals surface area (Å²) in [5.74, 6) is -1.21. The molecule has 0 aliphatic rings. The molecule has 0 saturated carbocycles. The average Bonchev–Trinajstić information content (AvgIpc) is 1.97. The maximum Gasteiger partial charge on any atom is 0.268 e. The van der Waals surface area contributed by atoms with Gasteiger partial charge in [-0.05, 0) is 15.9 Å². The van der Waals surface area contributed by atoms with Crippen molar-refractivity contribution in [2.24, 2.45) is 0 Å². The van der Waals surface area contributed by atoms with Crippen molar-refractivity contribution in [3.8, 4) is 0 Å². The summed E-state index contributed by atoms with van der Waals surface area (Å²) in [6, 6.07) is 0. The van der Waals surface area contributed by atoms with E-state index in [-0.39, 0.29) is 10.3 Å². The molecular weight excluding hydrogens is 237 g/mol. The highest BCUT2D eigenvalue weighted by Crippen LogP contribution is 2.32. The van der Waals surface area contributed by atoms with Gasteiger partial charge in [0.2, 0.25) is 0 Å². The van der Waals surface area contributed by atoms with Gasteiger partial charge in [0.05, 0.1) is 16.2 Å². The predicted molar refractivity (Wildman–Crippen MR) is 41.3 cm³/mol. The van der Waals surface area contributed by atoms with Crippen LogP contribution in [0.3, 0.4) is 0 Å². The minimum atomic E-state index is -2.83. The van der Waals surface area contributed by atoms with Crippen molar-refractivity contribution in [1.29, 1.82) is 0 Å². The van der Waals surface area contributed by atoms with Crippen LogP contribution in [0.15, 0.2) is 10.7 Å². The molecule has 1 aromatic rings. The molecule has 0 spiro atoms. The third-order valence-corrected chi connectivity index (χ3v) is 2.06. The van der Waals surface area contributed by atoms with Gasteiger partial charge in [0.15, 0.2) is 5.82 Å². The van der Waals surface area contributed by atoms with Crippen LogP contribution in [0.25, 0.3) is 0 Å². The minimum absolute atomic E-state index is 0.329. The second-order valence-electron chi connectivity index (χ2n) is 2.02. The zero-order valence-electron chi connectivity index (χ0n) is 5.69. The summed E-state index contributed by atoms with van der Waals surface area (Å²) in [5, 5.41) is 0. The standard InChI is InChI=1S/C6H4BrF3N2/c7-4-2(8)1-12-6(11)3(4)5(9)10/h1,5H,(H2,11,12). The zero-order valence-corrected chi connectivity index (χ0v) is 7.28. The number of hydrogen-bond donors (Lipinski definition) is 1. The summed E-state index contributed by atoms with van der Waals surface area (Å²) in [6.07, 6.45) is -2.05. The first kappa shape index (κ1) is 9.31. The predicted octanol–water partition coefficient (Wildman–Crippen LogP) is 2.50. The summed E-state index contributed by atoms with van der Waals surface area (Å²) in [7, 11) is 0. The first-order valence-corrected chi connectivity index (χ1v) is 3.71. The molecule has 0 atom stereocenters. The van der Waals surface area contributed by atoms with E-state index in [9.17, 15) is 13.2 Å². The smallest absolute Gasteiger partial charge is 0.268 e. The lowest BCUT2D eigenvalue weighted by Crippen LogP contribution is -2.01. The molecule has 12 heavy (non-hydrogen) atoms. The molecule has 0 aromatic carbocycles. The van der Waals surface area contributed by atoms with E-state index in [1.165, 1.54) is 0 Å². The van der Waals surface area contributed by atoms with E-state index < -0.39 is 17.8 Å². The van der Waals surface area contributed by atoms with E-state index in [4.69, 9.17) is 5.73 Å². The third kappa shape index (κ3) is 1.52. The maximum atomic E-state index is 12.6. The highest BCUT2D eigenvalue weighted by molar-refractivity contribution is 9.10. The zero-order chi connectivity index (χ0) is 9.30. The molecule has 2 N–H and O–H groups in total. The van der Waals surface area contributed by atoms with E-state index in [0.717, 1.165) is 6.20 Å². The second kappa shape index (κ2) is 3.30. The van der Waals surface area contributed by atoms with Crippen molar-refractivity contribution in [2.75, 3.05) is 5.73 Å². The van der Waals surface area contributed by atoms with Gasteiger partial charge in [-0.2, -0.15) is 0 Å². The number of nitrogens with two attached hydrogens (primary N) is 1. The van der Waals surface area contributed by atoms with Crippen LogP contribution >= 0.6 is 15.9 Å². The van der Waals surface area contributed by atoms with Gasteiger partial charge in [0.25, 0.3) is 6.43 Å². The molecule has 0 amide bonds. The molecule has 6 heteroatoms. The minimum Gasteiger partial charge on any atom is -0.383 e. The summed E-state index contributed by atoms with van der Waals surface area (Å²) in [6.45, 7) is 0. The van der Waals surface area contributed by atoms with Crippen LogP contribution in [-0.4, -0.2) is 4.98 Å². The number of anilines is 1.